The average Bonchev–Trinajstić information content (AvgIpc) is 3.11. The van der Waals surface area contributed by atoms with Gasteiger partial charge in [0.25, 0.3) is 5.89 Å². The Bertz CT molecular complexity index is 849. The molecule has 2 aromatic carbocycles. The van der Waals surface area contributed by atoms with Crippen LogP contribution in [-0.4, -0.2) is 16.2 Å². The van der Waals surface area contributed by atoms with Crippen molar-refractivity contribution in [3.8, 4) is 11.5 Å². The lowest BCUT2D eigenvalue weighted by Gasteiger charge is -2.13. The van der Waals surface area contributed by atoms with Gasteiger partial charge >= 0.3 is 5.97 Å². The SMILES string of the molecule is CCC(C(=O)OCc1nnc(-c2ccccc2Cl)o1)c1ccccc1. The highest BCUT2D eigenvalue weighted by atomic mass is 35.5. The molecule has 1 heterocycles. The number of hydrogen-bond donors (Lipinski definition) is 0. The smallest absolute Gasteiger partial charge is 0.313 e. The van der Waals surface area contributed by atoms with E-state index in [1.165, 1.54) is 0 Å². The third-order valence-corrected chi connectivity index (χ3v) is 4.13. The van der Waals surface area contributed by atoms with Crippen molar-refractivity contribution < 1.29 is 13.9 Å². The van der Waals surface area contributed by atoms with Crippen LogP contribution >= 0.6 is 11.6 Å². The van der Waals surface area contributed by atoms with Crippen LogP contribution in [0.4, 0.5) is 0 Å². The maximum absolute atomic E-state index is 12.3. The van der Waals surface area contributed by atoms with Crippen LogP contribution < -0.4 is 0 Å². The van der Waals surface area contributed by atoms with Crippen molar-refractivity contribution in [3.63, 3.8) is 0 Å². The fourth-order valence-electron chi connectivity index (χ4n) is 2.51. The number of hydrogen-bond acceptors (Lipinski definition) is 5. The number of aromatic nitrogens is 2. The topological polar surface area (TPSA) is 65.2 Å². The third kappa shape index (κ3) is 4.06. The van der Waals surface area contributed by atoms with E-state index >= 15 is 0 Å². The first-order valence-corrected chi connectivity index (χ1v) is 8.35. The van der Waals surface area contributed by atoms with Gasteiger partial charge in [0.15, 0.2) is 6.61 Å². The predicted molar refractivity (Wildman–Crippen MR) is 94.0 cm³/mol. The minimum Gasteiger partial charge on any atom is -0.455 e. The number of rotatable bonds is 6. The van der Waals surface area contributed by atoms with Crippen molar-refractivity contribution >= 4 is 17.6 Å². The van der Waals surface area contributed by atoms with Gasteiger partial charge in [-0.2, -0.15) is 0 Å². The molecule has 1 unspecified atom stereocenters. The molecule has 0 saturated carbocycles. The van der Waals surface area contributed by atoms with Crippen molar-refractivity contribution in [2.24, 2.45) is 0 Å². The molecule has 0 saturated heterocycles. The number of esters is 1. The minimum absolute atomic E-state index is 0.0698. The van der Waals surface area contributed by atoms with E-state index in [9.17, 15) is 4.79 Å². The Kier molecular flexibility index (Phi) is 5.46. The van der Waals surface area contributed by atoms with Crippen molar-refractivity contribution in [1.29, 1.82) is 0 Å². The summed E-state index contributed by atoms with van der Waals surface area (Å²) in [5, 5.41) is 8.39. The van der Waals surface area contributed by atoms with E-state index in [-0.39, 0.29) is 24.4 Å². The molecule has 0 spiro atoms. The highest BCUT2D eigenvalue weighted by Crippen LogP contribution is 2.26. The Morgan fingerprint density at radius 2 is 1.84 bits per heavy atom. The molecule has 0 aliphatic rings. The first kappa shape index (κ1) is 17.2. The van der Waals surface area contributed by atoms with E-state index in [0.29, 0.717) is 22.9 Å². The van der Waals surface area contributed by atoms with Gasteiger partial charge in [-0.3, -0.25) is 4.79 Å². The maximum Gasteiger partial charge on any atom is 0.313 e. The fourth-order valence-corrected chi connectivity index (χ4v) is 2.73. The summed E-state index contributed by atoms with van der Waals surface area (Å²) >= 11 is 6.11. The molecule has 3 rings (SSSR count). The Balaban J connectivity index is 1.66. The summed E-state index contributed by atoms with van der Waals surface area (Å²) in [5.41, 5.74) is 1.57. The Hall–Kier alpha value is -2.66. The van der Waals surface area contributed by atoms with E-state index in [0.717, 1.165) is 5.56 Å². The summed E-state index contributed by atoms with van der Waals surface area (Å²) in [6, 6.07) is 16.7. The summed E-state index contributed by atoms with van der Waals surface area (Å²) in [5.74, 6) is -0.101. The van der Waals surface area contributed by atoms with E-state index < -0.39 is 0 Å². The molecular formula is C19H17ClN2O3. The average molecular weight is 357 g/mol. The van der Waals surface area contributed by atoms with Gasteiger partial charge in [-0.15, -0.1) is 10.2 Å². The largest absolute Gasteiger partial charge is 0.455 e. The first-order chi connectivity index (χ1) is 12.2. The van der Waals surface area contributed by atoms with Crippen LogP contribution in [0.3, 0.4) is 0 Å². The van der Waals surface area contributed by atoms with Crippen LogP contribution in [0.25, 0.3) is 11.5 Å². The maximum atomic E-state index is 12.3. The Morgan fingerprint density at radius 1 is 1.12 bits per heavy atom. The van der Waals surface area contributed by atoms with Crippen molar-refractivity contribution in [3.05, 3.63) is 71.1 Å². The highest BCUT2D eigenvalue weighted by molar-refractivity contribution is 6.33. The van der Waals surface area contributed by atoms with Crippen molar-refractivity contribution in [2.45, 2.75) is 25.9 Å². The van der Waals surface area contributed by atoms with E-state index in [2.05, 4.69) is 10.2 Å². The summed E-state index contributed by atoms with van der Waals surface area (Å²) in [7, 11) is 0. The van der Waals surface area contributed by atoms with E-state index in [4.69, 9.17) is 20.8 Å². The lowest BCUT2D eigenvalue weighted by atomic mass is 9.97. The molecule has 1 atom stereocenters. The fraction of sp³-hybridized carbons (Fsp3) is 0.211. The number of halogens is 1. The molecule has 5 nitrogen and oxygen atoms in total. The number of carbonyl (C=O) groups is 1. The molecule has 3 aromatic rings. The van der Waals surface area contributed by atoms with Gasteiger partial charge in [0, 0.05) is 0 Å². The third-order valence-electron chi connectivity index (χ3n) is 3.80. The molecular weight excluding hydrogens is 340 g/mol. The molecule has 0 fully saturated rings. The molecule has 128 valence electrons. The lowest BCUT2D eigenvalue weighted by molar-refractivity contribution is -0.147. The molecule has 0 bridgehead atoms. The molecule has 25 heavy (non-hydrogen) atoms. The number of nitrogens with zero attached hydrogens (tertiary/aromatic N) is 2. The zero-order valence-electron chi connectivity index (χ0n) is 13.7. The summed E-state index contributed by atoms with van der Waals surface area (Å²) in [4.78, 5) is 12.3. The van der Waals surface area contributed by atoms with Crippen molar-refractivity contribution in [2.75, 3.05) is 0 Å². The van der Waals surface area contributed by atoms with Crippen LogP contribution in [0.15, 0.2) is 59.0 Å². The first-order valence-electron chi connectivity index (χ1n) is 7.98. The van der Waals surface area contributed by atoms with Crippen LogP contribution in [-0.2, 0) is 16.1 Å². The number of carbonyl (C=O) groups excluding carboxylic acids is 1. The predicted octanol–water partition coefficient (Wildman–Crippen LogP) is 4.63. The van der Waals surface area contributed by atoms with Gasteiger partial charge in [-0.1, -0.05) is 61.0 Å². The van der Waals surface area contributed by atoms with Gasteiger partial charge in [-0.05, 0) is 24.1 Å². The summed E-state index contributed by atoms with van der Waals surface area (Å²) in [6.45, 7) is 1.88. The molecule has 0 aliphatic heterocycles. The standard InChI is InChI=1S/C19H17ClN2O3/c1-2-14(13-8-4-3-5-9-13)19(23)24-12-17-21-22-18(25-17)15-10-6-7-11-16(15)20/h3-11,14H,2,12H2,1H3. The molecule has 1 aromatic heterocycles. The van der Waals surface area contributed by atoms with Gasteiger partial charge in [-0.25, -0.2) is 0 Å². The van der Waals surface area contributed by atoms with E-state index in [1.54, 1.807) is 12.1 Å². The van der Waals surface area contributed by atoms with Gasteiger partial charge in [0.1, 0.15) is 0 Å². The minimum atomic E-state index is -0.314. The van der Waals surface area contributed by atoms with Gasteiger partial charge in [0.05, 0.1) is 16.5 Å². The second-order valence-electron chi connectivity index (χ2n) is 5.46. The van der Waals surface area contributed by atoms with Crippen molar-refractivity contribution in [1.82, 2.24) is 10.2 Å². The normalized spacial score (nSPS) is 11.9. The number of ether oxygens (including phenoxy) is 1. The molecule has 0 N–H and O–H groups in total. The summed E-state index contributed by atoms with van der Waals surface area (Å²) in [6.07, 6.45) is 0.650. The second-order valence-corrected chi connectivity index (χ2v) is 5.87. The molecule has 6 heteroatoms. The van der Waals surface area contributed by atoms with Gasteiger partial charge in [0.2, 0.25) is 5.89 Å². The number of benzene rings is 2. The molecule has 0 radical (unpaired) electrons. The zero-order valence-corrected chi connectivity index (χ0v) is 14.4. The molecule has 0 amide bonds. The van der Waals surface area contributed by atoms with Crippen LogP contribution in [0.2, 0.25) is 5.02 Å². The summed E-state index contributed by atoms with van der Waals surface area (Å²) < 4.78 is 10.9. The monoisotopic (exact) mass is 356 g/mol. The van der Waals surface area contributed by atoms with E-state index in [1.807, 2.05) is 49.4 Å². The van der Waals surface area contributed by atoms with Crippen LogP contribution in [0.1, 0.15) is 30.7 Å². The van der Waals surface area contributed by atoms with Gasteiger partial charge < -0.3 is 9.15 Å². The molecule has 0 aliphatic carbocycles. The Labute approximate surface area is 150 Å². The van der Waals surface area contributed by atoms with Crippen LogP contribution in [0.5, 0.6) is 0 Å². The highest BCUT2D eigenvalue weighted by Gasteiger charge is 2.21. The van der Waals surface area contributed by atoms with Crippen LogP contribution in [0, 0.1) is 0 Å². The quantitative estimate of drug-likeness (QED) is 0.602. The second kappa shape index (κ2) is 7.94. The Morgan fingerprint density at radius 3 is 2.56 bits per heavy atom. The lowest BCUT2D eigenvalue weighted by Crippen LogP contribution is -2.15. The zero-order chi connectivity index (χ0) is 17.6.